The lowest BCUT2D eigenvalue weighted by molar-refractivity contribution is -0.131. The van der Waals surface area contributed by atoms with E-state index in [1.807, 2.05) is 18.2 Å². The summed E-state index contributed by atoms with van der Waals surface area (Å²) >= 11 is 0. The van der Waals surface area contributed by atoms with Crippen LogP contribution in [0.15, 0.2) is 72.9 Å². The van der Waals surface area contributed by atoms with Gasteiger partial charge >= 0.3 is 0 Å². The zero-order valence-electron chi connectivity index (χ0n) is 25.2. The van der Waals surface area contributed by atoms with E-state index in [0.29, 0.717) is 47.5 Å². The minimum Gasteiger partial charge on any atom is -0.493 e. The summed E-state index contributed by atoms with van der Waals surface area (Å²) in [6.07, 6.45) is 5.53. The van der Waals surface area contributed by atoms with Gasteiger partial charge < -0.3 is 24.8 Å². The van der Waals surface area contributed by atoms with Crippen molar-refractivity contribution in [1.29, 1.82) is 0 Å². The molecule has 2 saturated carbocycles. The van der Waals surface area contributed by atoms with E-state index in [9.17, 15) is 14.0 Å². The normalized spacial score (nSPS) is 17.8. The van der Waals surface area contributed by atoms with Crippen LogP contribution in [-0.4, -0.2) is 60.1 Å². The fourth-order valence-electron chi connectivity index (χ4n) is 5.81. The van der Waals surface area contributed by atoms with Crippen LogP contribution in [0.3, 0.4) is 0 Å². The fraction of sp³-hybridized carbons (Fsp3) is 0.343. The number of ether oxygens (including phenoxy) is 3. The van der Waals surface area contributed by atoms with Crippen molar-refractivity contribution in [2.45, 2.75) is 37.7 Å². The van der Waals surface area contributed by atoms with Gasteiger partial charge in [-0.15, -0.1) is 0 Å². The molecule has 0 radical (unpaired) electrons. The molecule has 0 bridgehead atoms. The maximum Gasteiger partial charge on any atom is 0.240 e. The Morgan fingerprint density at radius 2 is 1.65 bits per heavy atom. The predicted molar refractivity (Wildman–Crippen MR) is 168 cm³/mol. The topological polar surface area (TPSA) is 102 Å². The number of morpholine rings is 1. The van der Waals surface area contributed by atoms with Gasteiger partial charge in [0, 0.05) is 54.7 Å². The number of halogens is 2. The first-order chi connectivity index (χ1) is 22.3. The molecule has 0 atom stereocenters. The van der Waals surface area contributed by atoms with Crippen LogP contribution < -0.4 is 20.1 Å². The number of rotatable bonds is 11. The zero-order valence-corrected chi connectivity index (χ0v) is 25.2. The van der Waals surface area contributed by atoms with Crippen molar-refractivity contribution in [2.24, 2.45) is 5.41 Å². The van der Waals surface area contributed by atoms with Crippen molar-refractivity contribution in [2.75, 3.05) is 43.5 Å². The highest BCUT2D eigenvalue weighted by atomic mass is 19.1. The Labute approximate surface area is 264 Å². The molecule has 9 nitrogen and oxygen atoms in total. The fourth-order valence-corrected chi connectivity index (χ4v) is 5.81. The minimum atomic E-state index is -1.26. The van der Waals surface area contributed by atoms with Gasteiger partial charge in [-0.25, -0.2) is 8.78 Å². The number of benzene rings is 3. The maximum absolute atomic E-state index is 15.2. The Morgan fingerprint density at radius 1 is 0.891 bits per heavy atom. The van der Waals surface area contributed by atoms with Gasteiger partial charge in [0.1, 0.15) is 22.7 Å². The summed E-state index contributed by atoms with van der Waals surface area (Å²) in [6.45, 7) is 4.32. The van der Waals surface area contributed by atoms with Crippen LogP contribution in [0.2, 0.25) is 0 Å². The highest BCUT2D eigenvalue weighted by Crippen LogP contribution is 2.48. The van der Waals surface area contributed by atoms with Crippen molar-refractivity contribution in [3.05, 3.63) is 84.6 Å². The van der Waals surface area contributed by atoms with Crippen molar-refractivity contribution < 1.29 is 32.6 Å². The van der Waals surface area contributed by atoms with Gasteiger partial charge in [-0.3, -0.25) is 19.5 Å². The summed E-state index contributed by atoms with van der Waals surface area (Å²) in [5.41, 5.74) is 0.0860. The summed E-state index contributed by atoms with van der Waals surface area (Å²) in [7, 11) is 0. The van der Waals surface area contributed by atoms with Crippen LogP contribution in [0.1, 0.15) is 32.1 Å². The first kappa shape index (κ1) is 30.1. The second kappa shape index (κ2) is 12.3. The Balaban J connectivity index is 0.946. The van der Waals surface area contributed by atoms with Crippen molar-refractivity contribution in [3.8, 4) is 17.2 Å². The van der Waals surface area contributed by atoms with Crippen LogP contribution in [0.4, 0.5) is 20.2 Å². The molecule has 2 aliphatic carbocycles. The zero-order chi connectivity index (χ0) is 31.7. The summed E-state index contributed by atoms with van der Waals surface area (Å²) in [6, 6.07) is 16.6. The highest BCUT2D eigenvalue weighted by Gasteiger charge is 2.56. The summed E-state index contributed by atoms with van der Waals surface area (Å²) in [5.74, 6) is -1.06. The first-order valence-electron chi connectivity index (χ1n) is 15.5. The summed E-state index contributed by atoms with van der Waals surface area (Å²) in [4.78, 5) is 32.7. The molecule has 1 saturated heterocycles. The van der Waals surface area contributed by atoms with Crippen LogP contribution in [0, 0.1) is 17.0 Å². The standard InChI is InChI=1S/C35H34F2N4O5/c36-23-2-4-24(5-3-23)39-32(42)35(13-14-35)33(43)40-25-6-9-31(28(37)20-25)46-30-10-15-38-29-21-26(7-8-27(29)30)44-18-1-16-41-17-19-45-34(22-41)11-12-34/h2-10,15,20-21H,1,11-14,16-19,22H2,(H,39,42)(H,40,43). The first-order valence-corrected chi connectivity index (χ1v) is 15.5. The monoisotopic (exact) mass is 628 g/mol. The van der Waals surface area contributed by atoms with Crippen molar-refractivity contribution in [1.82, 2.24) is 9.88 Å². The van der Waals surface area contributed by atoms with Crippen molar-refractivity contribution in [3.63, 3.8) is 0 Å². The summed E-state index contributed by atoms with van der Waals surface area (Å²) < 4.78 is 46.2. The number of hydrogen-bond donors (Lipinski definition) is 2. The average Bonchev–Trinajstić information content (AvgIpc) is 3.99. The molecule has 1 aliphatic heterocycles. The Morgan fingerprint density at radius 3 is 2.39 bits per heavy atom. The van der Waals surface area contributed by atoms with Gasteiger partial charge in [0.25, 0.3) is 0 Å². The number of anilines is 2. The van der Waals surface area contributed by atoms with E-state index in [4.69, 9.17) is 14.2 Å². The van der Waals surface area contributed by atoms with Crippen LogP contribution in [0.5, 0.6) is 17.2 Å². The largest absolute Gasteiger partial charge is 0.493 e. The molecular weight excluding hydrogens is 594 g/mol. The van der Waals surface area contributed by atoms with E-state index in [2.05, 4.69) is 20.5 Å². The third-order valence-electron chi connectivity index (χ3n) is 8.83. The molecule has 1 aromatic heterocycles. The second-order valence-electron chi connectivity index (χ2n) is 12.2. The van der Waals surface area contributed by atoms with Gasteiger partial charge in [-0.2, -0.15) is 0 Å². The molecule has 238 valence electrons. The second-order valence-corrected chi connectivity index (χ2v) is 12.2. The number of fused-ring (bicyclic) bond motifs is 1. The molecule has 4 aromatic rings. The molecular formula is C35H34F2N4O5. The van der Waals surface area contributed by atoms with Crippen LogP contribution in [0.25, 0.3) is 10.9 Å². The van der Waals surface area contributed by atoms with Gasteiger partial charge in [-0.05, 0) is 86.7 Å². The average molecular weight is 629 g/mol. The Bertz CT molecular complexity index is 1780. The molecule has 2 N–H and O–H groups in total. The SMILES string of the molecule is O=C(Nc1ccc(F)cc1)C1(C(=O)Nc2ccc(Oc3ccnc4cc(OCCCN5CCOC6(CC6)C5)ccc34)c(F)c2)CC1. The molecule has 46 heavy (non-hydrogen) atoms. The van der Waals surface area contributed by atoms with Gasteiger partial charge in [0.2, 0.25) is 11.8 Å². The molecule has 3 aliphatic rings. The van der Waals surface area contributed by atoms with Crippen LogP contribution >= 0.6 is 0 Å². The number of carbonyl (C=O) groups is 2. The number of amides is 2. The lowest BCUT2D eigenvalue weighted by atomic mass is 10.0. The smallest absolute Gasteiger partial charge is 0.240 e. The number of aromatic nitrogens is 1. The minimum absolute atomic E-state index is 0.0305. The predicted octanol–water partition coefficient (Wildman–Crippen LogP) is 6.30. The van der Waals surface area contributed by atoms with E-state index in [0.717, 1.165) is 51.6 Å². The lowest BCUT2D eigenvalue weighted by Crippen LogP contribution is -2.44. The molecule has 3 fully saturated rings. The molecule has 3 aromatic carbocycles. The number of nitrogens with zero attached hydrogens (tertiary/aromatic N) is 2. The number of pyridine rings is 1. The summed E-state index contributed by atoms with van der Waals surface area (Å²) in [5, 5.41) is 5.99. The number of hydrogen-bond acceptors (Lipinski definition) is 7. The molecule has 2 heterocycles. The molecule has 0 unspecified atom stereocenters. The van der Waals surface area contributed by atoms with E-state index in [1.54, 1.807) is 12.3 Å². The third-order valence-corrected chi connectivity index (χ3v) is 8.83. The third kappa shape index (κ3) is 6.52. The molecule has 11 heteroatoms. The van der Waals surface area contributed by atoms with E-state index >= 15 is 4.39 Å². The highest BCUT2D eigenvalue weighted by molar-refractivity contribution is 6.16. The van der Waals surface area contributed by atoms with Crippen molar-refractivity contribution >= 4 is 34.1 Å². The quantitative estimate of drug-likeness (QED) is 0.149. The molecule has 2 amide bonds. The van der Waals surface area contributed by atoms with Gasteiger partial charge in [-0.1, -0.05) is 0 Å². The van der Waals surface area contributed by atoms with E-state index < -0.39 is 28.9 Å². The van der Waals surface area contributed by atoms with Gasteiger partial charge in [0.15, 0.2) is 11.6 Å². The van der Waals surface area contributed by atoms with E-state index in [-0.39, 0.29) is 17.0 Å². The van der Waals surface area contributed by atoms with Gasteiger partial charge in [0.05, 0.1) is 24.3 Å². The van der Waals surface area contributed by atoms with Crippen LogP contribution in [-0.2, 0) is 14.3 Å². The number of carbonyl (C=O) groups excluding carboxylic acids is 2. The molecule has 7 rings (SSSR count). The Kier molecular flexibility index (Phi) is 8.04. The lowest BCUT2D eigenvalue weighted by Gasteiger charge is -2.33. The number of nitrogens with one attached hydrogen (secondary N) is 2. The molecule has 1 spiro atoms. The Hall–Kier alpha value is -4.61. The van der Waals surface area contributed by atoms with E-state index in [1.165, 1.54) is 36.4 Å². The maximum atomic E-state index is 15.2.